The summed E-state index contributed by atoms with van der Waals surface area (Å²) in [5.41, 5.74) is 0.209. The molecule has 2 rings (SSSR count). The van der Waals surface area contributed by atoms with Crippen LogP contribution >= 0.6 is 0 Å². The third-order valence-electron chi connectivity index (χ3n) is 3.30. The fraction of sp³-hybridized carbons (Fsp3) is 0.462. The predicted octanol–water partition coefficient (Wildman–Crippen LogP) is 4.23. The molecule has 1 nitrogen and oxygen atoms in total. The van der Waals surface area contributed by atoms with Gasteiger partial charge >= 0.3 is 6.18 Å². The van der Waals surface area contributed by atoms with E-state index in [9.17, 15) is 13.2 Å². The molecule has 0 amide bonds. The fourth-order valence-corrected chi connectivity index (χ4v) is 2.42. The highest BCUT2D eigenvalue weighted by molar-refractivity contribution is 5.43. The minimum absolute atomic E-state index is 0.173. The second kappa shape index (κ2) is 4.40. The summed E-state index contributed by atoms with van der Waals surface area (Å²) >= 11 is 0. The third-order valence-corrected chi connectivity index (χ3v) is 3.30. The molecule has 90 valence electrons. The third kappa shape index (κ3) is 2.44. The van der Waals surface area contributed by atoms with E-state index in [1.165, 1.54) is 6.07 Å². The number of rotatable bonds is 1. The number of nitrogens with zero attached hydrogens (tertiary/aromatic N) is 1. The molecule has 1 fully saturated rings. The van der Waals surface area contributed by atoms with Crippen molar-refractivity contribution < 1.29 is 13.2 Å². The van der Waals surface area contributed by atoms with Crippen LogP contribution in [0.2, 0.25) is 0 Å². The van der Waals surface area contributed by atoms with Crippen LogP contribution in [0, 0.1) is 11.3 Å². The highest BCUT2D eigenvalue weighted by atomic mass is 19.4. The molecule has 0 atom stereocenters. The highest BCUT2D eigenvalue weighted by Gasteiger charge is 2.31. The van der Waals surface area contributed by atoms with Gasteiger partial charge in [-0.1, -0.05) is 18.9 Å². The van der Waals surface area contributed by atoms with Gasteiger partial charge in [-0.15, -0.1) is 0 Å². The second-order valence-electron chi connectivity index (χ2n) is 4.39. The predicted molar refractivity (Wildman–Crippen MR) is 57.4 cm³/mol. The van der Waals surface area contributed by atoms with E-state index < -0.39 is 11.7 Å². The monoisotopic (exact) mass is 239 g/mol. The Morgan fingerprint density at radius 3 is 2.35 bits per heavy atom. The first-order valence-electron chi connectivity index (χ1n) is 5.63. The summed E-state index contributed by atoms with van der Waals surface area (Å²) in [6.45, 7) is 0. The maximum absolute atomic E-state index is 12.5. The summed E-state index contributed by atoms with van der Waals surface area (Å²) < 4.78 is 37.5. The first-order chi connectivity index (χ1) is 8.02. The summed E-state index contributed by atoms with van der Waals surface area (Å²) in [7, 11) is 0. The fourth-order valence-electron chi connectivity index (χ4n) is 2.42. The van der Waals surface area contributed by atoms with Gasteiger partial charge in [-0.25, -0.2) is 0 Å². The van der Waals surface area contributed by atoms with Gasteiger partial charge in [0.2, 0.25) is 0 Å². The Morgan fingerprint density at radius 1 is 1.18 bits per heavy atom. The molecule has 4 heteroatoms. The Balaban J connectivity index is 2.39. The van der Waals surface area contributed by atoms with Gasteiger partial charge in [0.25, 0.3) is 0 Å². The Morgan fingerprint density at radius 2 is 1.82 bits per heavy atom. The number of nitriles is 1. The molecule has 1 aliphatic carbocycles. The standard InChI is InChI=1S/C13H12F3N/c14-13(15,16)11-5-6-12(10(7-11)8-17)9-3-1-2-4-9/h5-7,9H,1-4H2. The summed E-state index contributed by atoms with van der Waals surface area (Å²) in [4.78, 5) is 0. The molecule has 0 unspecified atom stereocenters. The first kappa shape index (κ1) is 12.0. The lowest BCUT2D eigenvalue weighted by Gasteiger charge is -2.14. The Kier molecular flexibility index (Phi) is 3.10. The summed E-state index contributed by atoms with van der Waals surface area (Å²) in [6, 6.07) is 5.40. The average Bonchev–Trinajstić information content (AvgIpc) is 2.80. The maximum atomic E-state index is 12.5. The molecular weight excluding hydrogens is 227 g/mol. The lowest BCUT2D eigenvalue weighted by molar-refractivity contribution is -0.137. The summed E-state index contributed by atoms with van der Waals surface area (Å²) in [6.07, 6.45) is -0.243. The van der Waals surface area contributed by atoms with Crippen LogP contribution in [0.25, 0.3) is 0 Å². The van der Waals surface area contributed by atoms with Crippen molar-refractivity contribution in [3.05, 3.63) is 34.9 Å². The molecule has 17 heavy (non-hydrogen) atoms. The highest BCUT2D eigenvalue weighted by Crippen LogP contribution is 2.38. The van der Waals surface area contributed by atoms with Gasteiger partial charge in [0.15, 0.2) is 0 Å². The van der Waals surface area contributed by atoms with E-state index in [1.54, 1.807) is 0 Å². The molecule has 1 aromatic carbocycles. The summed E-state index contributed by atoms with van der Waals surface area (Å²) in [5, 5.41) is 8.95. The minimum Gasteiger partial charge on any atom is -0.192 e. The molecule has 0 heterocycles. The zero-order valence-electron chi connectivity index (χ0n) is 9.22. The zero-order valence-corrected chi connectivity index (χ0v) is 9.22. The van der Waals surface area contributed by atoms with Crippen LogP contribution < -0.4 is 0 Å². The molecule has 0 bridgehead atoms. The van der Waals surface area contributed by atoms with Crippen molar-refractivity contribution >= 4 is 0 Å². The molecular formula is C13H12F3N. The molecule has 1 aromatic rings. The first-order valence-corrected chi connectivity index (χ1v) is 5.63. The van der Waals surface area contributed by atoms with Crippen molar-refractivity contribution in [2.24, 2.45) is 0 Å². The van der Waals surface area contributed by atoms with Gasteiger partial charge in [-0.2, -0.15) is 18.4 Å². The average molecular weight is 239 g/mol. The molecule has 0 radical (unpaired) electrons. The number of halogens is 3. The van der Waals surface area contributed by atoms with Crippen LogP contribution in [0.3, 0.4) is 0 Å². The van der Waals surface area contributed by atoms with Crippen molar-refractivity contribution in [2.75, 3.05) is 0 Å². The Hall–Kier alpha value is -1.50. The van der Waals surface area contributed by atoms with Gasteiger partial charge < -0.3 is 0 Å². The van der Waals surface area contributed by atoms with E-state index in [0.29, 0.717) is 0 Å². The lowest BCUT2D eigenvalue weighted by atomic mass is 9.92. The van der Waals surface area contributed by atoms with Gasteiger partial charge in [0.05, 0.1) is 17.2 Å². The van der Waals surface area contributed by atoms with E-state index in [4.69, 9.17) is 5.26 Å². The van der Waals surface area contributed by atoms with E-state index >= 15 is 0 Å². The van der Waals surface area contributed by atoms with Gasteiger partial charge in [-0.05, 0) is 36.5 Å². The van der Waals surface area contributed by atoms with Crippen molar-refractivity contribution in [2.45, 2.75) is 37.8 Å². The normalized spacial score (nSPS) is 17.1. The van der Waals surface area contributed by atoms with Crippen molar-refractivity contribution in [1.29, 1.82) is 5.26 Å². The van der Waals surface area contributed by atoms with Crippen molar-refractivity contribution in [1.82, 2.24) is 0 Å². The zero-order chi connectivity index (χ0) is 12.5. The molecule has 0 saturated heterocycles. The van der Waals surface area contributed by atoms with Crippen molar-refractivity contribution in [3.63, 3.8) is 0 Å². The van der Waals surface area contributed by atoms with Crippen molar-refractivity contribution in [3.8, 4) is 6.07 Å². The maximum Gasteiger partial charge on any atom is 0.416 e. The van der Waals surface area contributed by atoms with Gasteiger partial charge in [0.1, 0.15) is 0 Å². The van der Waals surface area contributed by atoms with E-state index in [0.717, 1.165) is 43.4 Å². The minimum atomic E-state index is -4.38. The number of hydrogen-bond donors (Lipinski definition) is 0. The lowest BCUT2D eigenvalue weighted by Crippen LogP contribution is -2.07. The molecule has 0 aromatic heterocycles. The van der Waals surface area contributed by atoms with Gasteiger partial charge in [0, 0.05) is 0 Å². The molecule has 0 aliphatic heterocycles. The quantitative estimate of drug-likeness (QED) is 0.719. The van der Waals surface area contributed by atoms with E-state index in [-0.39, 0.29) is 11.5 Å². The van der Waals surface area contributed by atoms with E-state index in [1.807, 2.05) is 6.07 Å². The SMILES string of the molecule is N#Cc1cc(C(F)(F)F)ccc1C1CCCC1. The largest absolute Gasteiger partial charge is 0.416 e. The Labute approximate surface area is 97.9 Å². The summed E-state index contributed by atoms with van der Waals surface area (Å²) in [5.74, 6) is 0.256. The molecule has 1 saturated carbocycles. The molecule has 1 aliphatic rings. The number of benzene rings is 1. The van der Waals surface area contributed by atoms with E-state index in [2.05, 4.69) is 0 Å². The van der Waals surface area contributed by atoms with Crippen LogP contribution in [0.5, 0.6) is 0 Å². The van der Waals surface area contributed by atoms with Crippen LogP contribution in [0.15, 0.2) is 18.2 Å². The number of alkyl halides is 3. The smallest absolute Gasteiger partial charge is 0.192 e. The van der Waals surface area contributed by atoms with Crippen LogP contribution in [-0.2, 0) is 6.18 Å². The molecule has 0 spiro atoms. The van der Waals surface area contributed by atoms with Crippen LogP contribution in [0.4, 0.5) is 13.2 Å². The van der Waals surface area contributed by atoms with Gasteiger partial charge in [-0.3, -0.25) is 0 Å². The topological polar surface area (TPSA) is 23.8 Å². The second-order valence-corrected chi connectivity index (χ2v) is 4.39. The Bertz CT molecular complexity index is 451. The van der Waals surface area contributed by atoms with Crippen LogP contribution in [-0.4, -0.2) is 0 Å². The van der Waals surface area contributed by atoms with Crippen LogP contribution in [0.1, 0.15) is 48.3 Å². The number of hydrogen-bond acceptors (Lipinski definition) is 1. The molecule has 0 N–H and O–H groups in total.